The lowest BCUT2D eigenvalue weighted by atomic mass is 10.1. The number of fused-ring (bicyclic) bond motifs is 1. The molecular formula is C11H14O2. The maximum absolute atomic E-state index is 11.8. The van der Waals surface area contributed by atoms with Crippen molar-refractivity contribution in [2.75, 3.05) is 6.61 Å². The predicted molar refractivity (Wildman–Crippen MR) is 48.0 cm³/mol. The van der Waals surface area contributed by atoms with Crippen LogP contribution >= 0.6 is 0 Å². The molecule has 13 heavy (non-hydrogen) atoms. The zero-order valence-electron chi connectivity index (χ0n) is 7.66. The van der Waals surface area contributed by atoms with E-state index in [4.69, 9.17) is 4.74 Å². The van der Waals surface area contributed by atoms with Gasteiger partial charge in [0.1, 0.15) is 0 Å². The average Bonchev–Trinajstić information content (AvgIpc) is 2.68. The van der Waals surface area contributed by atoms with Crippen molar-refractivity contribution >= 4 is 5.78 Å². The molecule has 2 nitrogen and oxygen atoms in total. The quantitative estimate of drug-likeness (QED) is 0.645. The third kappa shape index (κ3) is 1.04. The average molecular weight is 178 g/mol. The first-order valence-corrected chi connectivity index (χ1v) is 5.25. The zero-order valence-corrected chi connectivity index (χ0v) is 7.66. The van der Waals surface area contributed by atoms with Gasteiger partial charge in [-0.3, -0.25) is 4.79 Å². The first-order chi connectivity index (χ1) is 6.38. The van der Waals surface area contributed by atoms with Crippen molar-refractivity contribution in [2.45, 2.75) is 25.7 Å². The molecule has 0 saturated heterocycles. The molecule has 0 amide bonds. The van der Waals surface area contributed by atoms with Gasteiger partial charge in [-0.2, -0.15) is 0 Å². The molecular weight excluding hydrogens is 164 g/mol. The van der Waals surface area contributed by atoms with E-state index in [0.717, 1.165) is 18.3 Å². The number of Topliss-reactive ketones (excluding diaryl/α,β-unsaturated/α-hetero) is 1. The molecule has 0 aromatic carbocycles. The Kier molecular flexibility index (Phi) is 1.52. The summed E-state index contributed by atoms with van der Waals surface area (Å²) in [6.45, 7) is 0.711. The molecule has 0 bridgehead atoms. The molecule has 70 valence electrons. The fourth-order valence-electron chi connectivity index (χ4n) is 2.96. The van der Waals surface area contributed by atoms with Crippen LogP contribution in [0.2, 0.25) is 0 Å². The highest BCUT2D eigenvalue weighted by Gasteiger charge is 2.57. The van der Waals surface area contributed by atoms with E-state index < -0.39 is 0 Å². The minimum Gasteiger partial charge on any atom is -0.490 e. The Morgan fingerprint density at radius 1 is 1.38 bits per heavy atom. The first-order valence-electron chi connectivity index (χ1n) is 5.25. The lowest BCUT2D eigenvalue weighted by Crippen LogP contribution is -2.09. The lowest BCUT2D eigenvalue weighted by Gasteiger charge is -2.03. The molecule has 1 heterocycles. The molecule has 0 radical (unpaired) electrons. The highest BCUT2D eigenvalue weighted by atomic mass is 16.5. The number of hydrogen-bond donors (Lipinski definition) is 0. The molecule has 1 aliphatic heterocycles. The van der Waals surface area contributed by atoms with Crippen molar-refractivity contribution in [3.05, 3.63) is 11.8 Å². The second-order valence-electron chi connectivity index (χ2n) is 4.35. The third-order valence-electron chi connectivity index (χ3n) is 3.66. The van der Waals surface area contributed by atoms with Crippen molar-refractivity contribution < 1.29 is 9.53 Å². The fraction of sp³-hybridized carbons (Fsp3) is 0.727. The molecule has 2 saturated carbocycles. The first kappa shape index (κ1) is 7.60. The Hall–Kier alpha value is -0.790. The van der Waals surface area contributed by atoms with E-state index in [1.54, 1.807) is 0 Å². The van der Waals surface area contributed by atoms with Gasteiger partial charge in [0.2, 0.25) is 5.78 Å². The largest absolute Gasteiger partial charge is 0.490 e. The summed E-state index contributed by atoms with van der Waals surface area (Å²) < 4.78 is 5.29. The zero-order chi connectivity index (χ0) is 8.84. The van der Waals surface area contributed by atoms with Gasteiger partial charge in [0.05, 0.1) is 6.61 Å². The van der Waals surface area contributed by atoms with Crippen molar-refractivity contribution in [1.29, 1.82) is 0 Å². The number of rotatable bonds is 2. The smallest absolute Gasteiger partial charge is 0.200 e. The summed E-state index contributed by atoms with van der Waals surface area (Å²) in [5, 5.41) is 0. The molecule has 0 aromatic heterocycles. The summed E-state index contributed by atoms with van der Waals surface area (Å²) in [7, 11) is 0. The van der Waals surface area contributed by atoms with Crippen LogP contribution in [0, 0.1) is 17.8 Å². The van der Waals surface area contributed by atoms with Gasteiger partial charge in [0.25, 0.3) is 0 Å². The van der Waals surface area contributed by atoms with Crippen LogP contribution in [0.25, 0.3) is 0 Å². The molecule has 2 heteroatoms. The van der Waals surface area contributed by atoms with Gasteiger partial charge in [-0.05, 0) is 30.8 Å². The van der Waals surface area contributed by atoms with Crippen LogP contribution in [0.5, 0.6) is 0 Å². The number of hydrogen-bond acceptors (Lipinski definition) is 2. The van der Waals surface area contributed by atoms with Crippen molar-refractivity contribution in [3.63, 3.8) is 0 Å². The maximum atomic E-state index is 11.8. The molecule has 3 rings (SSSR count). The highest BCUT2D eigenvalue weighted by Crippen LogP contribution is 2.58. The van der Waals surface area contributed by atoms with Gasteiger partial charge >= 0.3 is 0 Å². The van der Waals surface area contributed by atoms with Gasteiger partial charge in [0, 0.05) is 12.3 Å². The summed E-state index contributed by atoms with van der Waals surface area (Å²) in [6.07, 6.45) is 6.75. The number of allylic oxidation sites excluding steroid dienone is 1. The monoisotopic (exact) mass is 178 g/mol. The second kappa shape index (κ2) is 2.60. The minimum absolute atomic E-state index is 0.298. The van der Waals surface area contributed by atoms with Crippen molar-refractivity contribution in [3.8, 4) is 0 Å². The van der Waals surface area contributed by atoms with Crippen molar-refractivity contribution in [1.82, 2.24) is 0 Å². The molecule has 0 spiro atoms. The Morgan fingerprint density at radius 3 is 2.77 bits per heavy atom. The standard InChI is InChI=1S/C11H14O2/c12-11(9-5-2-6-13-9)10-7-3-1-4-8(7)10/h5,7-8,10H,1-4,6H2. The van der Waals surface area contributed by atoms with Gasteiger partial charge in [0.15, 0.2) is 5.76 Å². The van der Waals surface area contributed by atoms with Crippen LogP contribution < -0.4 is 0 Å². The summed E-state index contributed by atoms with van der Waals surface area (Å²) in [6, 6.07) is 0. The molecule has 2 aliphatic carbocycles. The van der Waals surface area contributed by atoms with Crippen LogP contribution in [0.15, 0.2) is 11.8 Å². The van der Waals surface area contributed by atoms with Crippen LogP contribution in [-0.4, -0.2) is 12.4 Å². The van der Waals surface area contributed by atoms with E-state index in [-0.39, 0.29) is 0 Å². The van der Waals surface area contributed by atoms with E-state index >= 15 is 0 Å². The van der Waals surface area contributed by atoms with Gasteiger partial charge in [-0.1, -0.05) is 6.42 Å². The third-order valence-corrected chi connectivity index (χ3v) is 3.66. The van der Waals surface area contributed by atoms with Gasteiger partial charge in [-0.25, -0.2) is 0 Å². The van der Waals surface area contributed by atoms with E-state index in [9.17, 15) is 4.79 Å². The topological polar surface area (TPSA) is 26.3 Å². The maximum Gasteiger partial charge on any atom is 0.200 e. The van der Waals surface area contributed by atoms with Crippen LogP contribution in [0.4, 0.5) is 0 Å². The van der Waals surface area contributed by atoms with Gasteiger partial charge in [-0.15, -0.1) is 0 Å². The molecule has 3 aliphatic rings. The summed E-state index contributed by atoms with van der Waals surface area (Å²) in [4.78, 5) is 11.8. The predicted octanol–water partition coefficient (Wildman–Crippen LogP) is 1.91. The lowest BCUT2D eigenvalue weighted by molar-refractivity contribution is -0.120. The van der Waals surface area contributed by atoms with E-state index in [0.29, 0.717) is 24.1 Å². The summed E-state index contributed by atoms with van der Waals surface area (Å²) >= 11 is 0. The van der Waals surface area contributed by atoms with Gasteiger partial charge < -0.3 is 4.74 Å². The van der Waals surface area contributed by atoms with E-state index in [2.05, 4.69) is 0 Å². The summed E-state index contributed by atoms with van der Waals surface area (Å²) in [5.74, 6) is 2.75. The van der Waals surface area contributed by atoms with Crippen LogP contribution in [0.3, 0.4) is 0 Å². The molecule has 2 atom stereocenters. The Bertz CT molecular complexity index is 270. The van der Waals surface area contributed by atoms with Crippen LogP contribution in [0.1, 0.15) is 25.7 Å². The molecule has 2 fully saturated rings. The molecule has 0 aromatic rings. The van der Waals surface area contributed by atoms with E-state index in [1.807, 2.05) is 6.08 Å². The Balaban J connectivity index is 1.70. The SMILES string of the molecule is O=C(C1=CCCO1)C1C2CCCC21. The van der Waals surface area contributed by atoms with Crippen molar-refractivity contribution in [2.24, 2.45) is 17.8 Å². The Labute approximate surface area is 78.0 Å². The molecule has 2 unspecified atom stereocenters. The summed E-state index contributed by atoms with van der Waals surface area (Å²) in [5.41, 5.74) is 0. The normalized spacial score (nSPS) is 40.9. The molecule has 0 N–H and O–H groups in total. The number of ketones is 1. The minimum atomic E-state index is 0.298. The number of carbonyl (C=O) groups excluding carboxylic acids is 1. The number of ether oxygens (including phenoxy) is 1. The number of carbonyl (C=O) groups is 1. The fourth-order valence-corrected chi connectivity index (χ4v) is 2.96. The Morgan fingerprint density at radius 2 is 2.15 bits per heavy atom. The van der Waals surface area contributed by atoms with E-state index in [1.165, 1.54) is 19.3 Å². The second-order valence-corrected chi connectivity index (χ2v) is 4.35. The highest BCUT2D eigenvalue weighted by molar-refractivity contribution is 5.98. The van der Waals surface area contributed by atoms with Crippen LogP contribution in [-0.2, 0) is 9.53 Å².